The van der Waals surface area contributed by atoms with E-state index in [1.54, 1.807) is 45.3 Å². The Labute approximate surface area is 541 Å². The first-order chi connectivity index (χ1) is 44.0. The monoisotopic (exact) mass is 1240 g/mol. The topological polar surface area (TPSA) is 253 Å². The molecule has 8 N–H and O–H groups in total. The first kappa shape index (κ1) is 74.5. The number of hydrogen-bond donors (Lipinski definition) is 7. The maximum atomic E-state index is 9.90. The predicted octanol–water partition coefficient (Wildman–Crippen LogP) is 8.19. The van der Waals surface area contributed by atoms with Gasteiger partial charge in [-0.3, -0.25) is 19.9 Å². The molecule has 8 aromatic rings. The zero-order valence-corrected chi connectivity index (χ0v) is 53.1. The number of rotatable bonds is 38. The minimum absolute atomic E-state index is 0. The number of nitrogens with two attached hydrogens (primary N) is 1. The lowest BCUT2D eigenvalue weighted by Crippen LogP contribution is -2.49. The number of benzene rings is 2. The van der Waals surface area contributed by atoms with Crippen LogP contribution in [0.1, 0.15) is 26.3 Å². The highest BCUT2D eigenvalue weighted by Gasteiger charge is 2.21. The molecular weight excluding hydrogens is 1150 g/mol. The molecule has 0 aliphatic rings. The first-order valence-electron chi connectivity index (χ1n) is 31.2. The molecule has 6 heterocycles. The van der Waals surface area contributed by atoms with Gasteiger partial charge in [-0.2, -0.15) is 0 Å². The molecular formula is C68H95B3N12O8. The van der Waals surface area contributed by atoms with Gasteiger partial charge in [0.15, 0.2) is 0 Å². The summed E-state index contributed by atoms with van der Waals surface area (Å²) in [6.07, 6.45) is 8.13. The Bertz CT molecular complexity index is 3030. The smallest absolute Gasteiger partial charge is 0.376 e. The van der Waals surface area contributed by atoms with Gasteiger partial charge in [0, 0.05) is 90.3 Å². The second-order valence-electron chi connectivity index (χ2n) is 21.1. The highest BCUT2D eigenvalue weighted by atomic mass is 16.5. The minimum atomic E-state index is -0.585. The van der Waals surface area contributed by atoms with Crippen LogP contribution in [0.3, 0.4) is 0 Å². The SMILES string of the molecule is C.CCCOCCOCCN(CCN(CCNB(C)O)B(C)O)B(C)O.Cc1ccc(-c2cc(-c3ccccn3)nc(-c3ccccn3)c2)cc1.NCCNCCNCCOCCOCCOc1ccc(-c2cc(-c3ccccn3)nc(-c3ccccn3)c2)cc1. The average molecular weight is 1240 g/mol. The van der Waals surface area contributed by atoms with Crippen molar-refractivity contribution in [2.24, 2.45) is 5.73 Å². The molecule has 0 aliphatic carbocycles. The molecule has 484 valence electrons. The number of nitrogens with one attached hydrogen (secondary N) is 3. The molecule has 0 radical (unpaired) electrons. The van der Waals surface area contributed by atoms with Gasteiger partial charge in [0.1, 0.15) is 12.4 Å². The molecule has 0 bridgehead atoms. The molecule has 0 fully saturated rings. The Hall–Kier alpha value is -7.19. The van der Waals surface area contributed by atoms with E-state index in [-0.39, 0.29) is 7.43 Å². The summed E-state index contributed by atoms with van der Waals surface area (Å²) in [4.78, 5) is 31.3. The van der Waals surface area contributed by atoms with E-state index in [0.29, 0.717) is 92.1 Å². The van der Waals surface area contributed by atoms with Crippen LogP contribution in [0.2, 0.25) is 20.5 Å². The number of nitrogens with zero attached hydrogens (tertiary/aromatic N) is 8. The molecule has 0 spiro atoms. The van der Waals surface area contributed by atoms with Crippen LogP contribution < -0.4 is 26.3 Å². The zero-order chi connectivity index (χ0) is 63.8. The number of aromatic nitrogens is 6. The van der Waals surface area contributed by atoms with Crippen LogP contribution in [0.5, 0.6) is 5.75 Å². The Morgan fingerprint density at radius 2 is 0.835 bits per heavy atom. The first-order valence-corrected chi connectivity index (χ1v) is 31.2. The lowest BCUT2D eigenvalue weighted by molar-refractivity contribution is 0.0373. The molecule has 6 aromatic heterocycles. The van der Waals surface area contributed by atoms with Crippen molar-refractivity contribution < 1.29 is 38.8 Å². The molecule has 23 heteroatoms. The van der Waals surface area contributed by atoms with Gasteiger partial charge >= 0.3 is 21.2 Å². The van der Waals surface area contributed by atoms with E-state index in [1.807, 2.05) is 107 Å². The highest BCUT2D eigenvalue weighted by molar-refractivity contribution is 6.46. The predicted molar refractivity (Wildman–Crippen MR) is 370 cm³/mol. The second kappa shape index (κ2) is 44.3. The summed E-state index contributed by atoms with van der Waals surface area (Å²) in [7, 11) is -1.73. The molecule has 0 amide bonds. The Kier molecular flexibility index (Phi) is 36.3. The summed E-state index contributed by atoms with van der Waals surface area (Å²) in [6, 6.07) is 48.2. The summed E-state index contributed by atoms with van der Waals surface area (Å²) < 4.78 is 27.9. The maximum Gasteiger partial charge on any atom is 0.376 e. The second-order valence-corrected chi connectivity index (χ2v) is 21.1. The third-order valence-electron chi connectivity index (χ3n) is 13.8. The lowest BCUT2D eigenvalue weighted by atomic mass is 9.82. The van der Waals surface area contributed by atoms with E-state index in [1.165, 1.54) is 5.56 Å². The summed E-state index contributed by atoms with van der Waals surface area (Å²) in [5, 5.41) is 38.5. The Morgan fingerprint density at radius 1 is 0.429 bits per heavy atom. The third-order valence-corrected chi connectivity index (χ3v) is 13.8. The lowest BCUT2D eigenvalue weighted by Gasteiger charge is -2.29. The molecule has 0 saturated carbocycles. The minimum Gasteiger partial charge on any atom is -0.491 e. The van der Waals surface area contributed by atoms with Crippen LogP contribution in [-0.4, -0.2) is 201 Å². The van der Waals surface area contributed by atoms with Crippen LogP contribution >= 0.6 is 0 Å². The molecule has 20 nitrogen and oxygen atoms in total. The third kappa shape index (κ3) is 28.9. The van der Waals surface area contributed by atoms with Gasteiger partial charge in [0.25, 0.3) is 0 Å². The quantitative estimate of drug-likeness (QED) is 0.0142. The molecule has 0 saturated heterocycles. The van der Waals surface area contributed by atoms with Crippen molar-refractivity contribution in [1.29, 1.82) is 0 Å². The molecule has 8 rings (SSSR count). The fourth-order valence-corrected chi connectivity index (χ4v) is 8.97. The largest absolute Gasteiger partial charge is 0.491 e. The molecule has 91 heavy (non-hydrogen) atoms. The summed E-state index contributed by atoms with van der Waals surface area (Å²) in [5.41, 5.74) is 17.7. The molecule has 0 aliphatic heterocycles. The van der Waals surface area contributed by atoms with Crippen LogP contribution in [0.25, 0.3) is 67.8 Å². The van der Waals surface area contributed by atoms with E-state index >= 15 is 0 Å². The van der Waals surface area contributed by atoms with Gasteiger partial charge in [-0.1, -0.05) is 80.6 Å². The van der Waals surface area contributed by atoms with Crippen molar-refractivity contribution in [3.63, 3.8) is 0 Å². The van der Waals surface area contributed by atoms with Crippen LogP contribution in [-0.2, 0) is 18.9 Å². The number of aryl methyl sites for hydroxylation is 1. The molecule has 0 atom stereocenters. The van der Waals surface area contributed by atoms with Gasteiger partial charge in [-0.25, -0.2) is 9.97 Å². The van der Waals surface area contributed by atoms with Gasteiger partial charge in [0.2, 0.25) is 0 Å². The fourth-order valence-electron chi connectivity index (χ4n) is 8.97. The zero-order valence-electron chi connectivity index (χ0n) is 53.1. The van der Waals surface area contributed by atoms with Gasteiger partial charge in [0.05, 0.1) is 91.8 Å². The van der Waals surface area contributed by atoms with Crippen molar-refractivity contribution in [1.82, 2.24) is 55.4 Å². The highest BCUT2D eigenvalue weighted by Crippen LogP contribution is 2.31. The van der Waals surface area contributed by atoms with E-state index in [4.69, 9.17) is 39.4 Å². The molecule has 2 aromatic carbocycles. The normalized spacial score (nSPS) is 10.9. The standard InChI is InChI=1S/C31H38N6O3.C22H17N3.C14H36B3N3O5.CH4/c32-11-14-33-15-16-34-17-18-38-19-20-39-21-22-40-27-9-7-25(8-10-27)26-23-30(28-5-1-3-12-35-28)37-31(24-26)29-6-2-4-13-36-29;1-16-8-10-17(11-9-16)18-14-21(19-6-2-4-12-23-19)25-22(15-18)20-7-3-5-13-24-20;1-5-11-24-13-14-25-12-10-20(17(4)23)9-8-19(16(3)22)7-6-18-15(2)21;/h1-10,12-13,23-24,33-34H,11,14-22,32H2;2-15H,1H3;18,21-23H,5-14H2,1-4H3;1H4. The number of hydrogen-bond acceptors (Lipinski definition) is 20. The summed E-state index contributed by atoms with van der Waals surface area (Å²) >= 11 is 0. The van der Waals surface area contributed by atoms with Crippen molar-refractivity contribution in [3.8, 4) is 73.6 Å². The van der Waals surface area contributed by atoms with Crippen molar-refractivity contribution in [2.75, 3.05) is 125 Å². The summed E-state index contributed by atoms with van der Waals surface area (Å²) in [5.74, 6) is 0.791. The Balaban J connectivity index is 0.000000258. The van der Waals surface area contributed by atoms with Gasteiger partial charge in [-0.05, 0) is 148 Å². The van der Waals surface area contributed by atoms with Crippen LogP contribution in [0.4, 0.5) is 0 Å². The van der Waals surface area contributed by atoms with E-state index < -0.39 is 21.2 Å². The Morgan fingerprint density at radius 3 is 1.25 bits per heavy atom. The number of pyridine rings is 6. The van der Waals surface area contributed by atoms with Crippen molar-refractivity contribution >= 4 is 21.2 Å². The van der Waals surface area contributed by atoms with Crippen molar-refractivity contribution in [2.45, 2.75) is 48.2 Å². The summed E-state index contributed by atoms with van der Waals surface area (Å²) in [6.45, 7) is 21.6. The van der Waals surface area contributed by atoms with Gasteiger partial charge < -0.3 is 70.0 Å². The van der Waals surface area contributed by atoms with E-state index in [0.717, 1.165) is 113 Å². The molecule has 0 unspecified atom stereocenters. The fraction of sp³-hybridized carbons (Fsp3) is 0.382. The van der Waals surface area contributed by atoms with E-state index in [2.05, 4.69) is 98.2 Å². The van der Waals surface area contributed by atoms with Crippen LogP contribution in [0, 0.1) is 6.92 Å². The van der Waals surface area contributed by atoms with Gasteiger partial charge in [-0.15, -0.1) is 0 Å². The average Bonchev–Trinajstić information content (AvgIpc) is 1.28. The van der Waals surface area contributed by atoms with E-state index in [9.17, 15) is 15.1 Å². The maximum absolute atomic E-state index is 9.90. The number of ether oxygens (including phenoxy) is 5. The van der Waals surface area contributed by atoms with Crippen LogP contribution in [0.15, 0.2) is 170 Å². The van der Waals surface area contributed by atoms with Crippen molar-refractivity contribution in [3.05, 3.63) is 176 Å².